The van der Waals surface area contributed by atoms with Gasteiger partial charge in [0.15, 0.2) is 0 Å². The molecule has 0 saturated heterocycles. The van der Waals surface area contributed by atoms with Gasteiger partial charge in [-0.05, 0) is 63.9 Å². The van der Waals surface area contributed by atoms with Crippen molar-refractivity contribution in [1.29, 1.82) is 0 Å². The maximum absolute atomic E-state index is 12.6. The Morgan fingerprint density at radius 3 is 1.22 bits per heavy atom. The molecule has 4 heteroatoms. The van der Waals surface area contributed by atoms with Gasteiger partial charge in [-0.25, -0.2) is 0 Å². The minimum atomic E-state index is -0.775. The lowest BCUT2D eigenvalue weighted by Crippen LogP contribution is -2.16. The number of ether oxygens (including phenoxy) is 1. The predicted octanol–water partition coefficient (Wildman–Crippen LogP) is 14.9. The van der Waals surface area contributed by atoms with E-state index in [9.17, 15) is 9.59 Å². The lowest BCUT2D eigenvalue weighted by atomic mass is 10.0. The average molecular weight is 697 g/mol. The van der Waals surface area contributed by atoms with Crippen LogP contribution < -0.4 is 0 Å². The number of carboxylic acid groups (broad SMARTS) is 1. The van der Waals surface area contributed by atoms with Gasteiger partial charge in [0.05, 0.1) is 0 Å². The molecule has 1 unspecified atom stereocenters. The maximum atomic E-state index is 12.6. The topological polar surface area (TPSA) is 63.6 Å². The SMILES string of the molecule is CC/C=C\C/C=C\C/C=C\C/C=C\C/C=C\C(CCCCC(=O)O)OC(=O)CCCCCCCCCCCCCCCCCCCCCCC. The Kier molecular flexibility index (Phi) is 39.1. The fourth-order valence-electron chi connectivity index (χ4n) is 6.13. The van der Waals surface area contributed by atoms with Crippen molar-refractivity contribution >= 4 is 11.9 Å². The number of hydrogen-bond donors (Lipinski definition) is 1. The molecule has 0 aromatic heterocycles. The Hall–Kier alpha value is -2.36. The third kappa shape index (κ3) is 40.1. The Morgan fingerprint density at radius 2 is 0.820 bits per heavy atom. The van der Waals surface area contributed by atoms with E-state index in [0.717, 1.165) is 51.4 Å². The van der Waals surface area contributed by atoms with Crippen molar-refractivity contribution in [1.82, 2.24) is 0 Å². The van der Waals surface area contributed by atoms with E-state index in [0.29, 0.717) is 19.3 Å². The quantitative estimate of drug-likeness (QED) is 0.0396. The van der Waals surface area contributed by atoms with E-state index in [1.165, 1.54) is 122 Å². The molecule has 0 fully saturated rings. The van der Waals surface area contributed by atoms with Crippen LogP contribution in [0.15, 0.2) is 60.8 Å². The lowest BCUT2D eigenvalue weighted by molar-refractivity contribution is -0.147. The van der Waals surface area contributed by atoms with Gasteiger partial charge in [-0.15, -0.1) is 0 Å². The molecule has 0 aromatic rings. The maximum Gasteiger partial charge on any atom is 0.306 e. The summed E-state index contributed by atoms with van der Waals surface area (Å²) in [5.74, 6) is -0.907. The number of unbranched alkanes of at least 4 members (excludes halogenated alkanes) is 21. The molecule has 0 aliphatic heterocycles. The largest absolute Gasteiger partial charge is 0.481 e. The number of hydrogen-bond acceptors (Lipinski definition) is 3. The highest BCUT2D eigenvalue weighted by atomic mass is 16.5. The highest BCUT2D eigenvalue weighted by molar-refractivity contribution is 5.69. The minimum Gasteiger partial charge on any atom is -0.481 e. The molecule has 0 bridgehead atoms. The molecule has 0 radical (unpaired) electrons. The highest BCUT2D eigenvalue weighted by Gasteiger charge is 2.12. The van der Waals surface area contributed by atoms with Crippen LogP contribution >= 0.6 is 0 Å². The van der Waals surface area contributed by atoms with Gasteiger partial charge in [0.25, 0.3) is 0 Å². The lowest BCUT2D eigenvalue weighted by Gasteiger charge is -2.14. The monoisotopic (exact) mass is 697 g/mol. The number of allylic oxidation sites excluding steroid dienone is 9. The minimum absolute atomic E-state index is 0.133. The summed E-state index contributed by atoms with van der Waals surface area (Å²) in [5.41, 5.74) is 0. The van der Waals surface area contributed by atoms with Gasteiger partial charge in [-0.3, -0.25) is 9.59 Å². The summed E-state index contributed by atoms with van der Waals surface area (Å²) in [7, 11) is 0. The summed E-state index contributed by atoms with van der Waals surface area (Å²) in [6.45, 7) is 4.44. The van der Waals surface area contributed by atoms with Crippen molar-refractivity contribution in [3.63, 3.8) is 0 Å². The molecule has 0 saturated carbocycles. The molecule has 0 aliphatic rings. The second-order valence-electron chi connectivity index (χ2n) is 14.2. The standard InChI is InChI=1S/C46H80O4/c1-3-5-7-9-11-13-15-17-19-20-21-22-23-24-25-27-29-31-33-35-37-43-46(49)50-44(41-38-39-42-45(47)48)40-36-34-32-30-28-26-18-16-14-12-10-8-6-4-2/h6,8,12,14,18,26,30,32,36,40,44H,3-5,7,9-11,13,15-17,19-25,27-29,31,33-35,37-39,41-43H2,1-2H3,(H,47,48)/b8-6-,14-12-,26-18-,32-30-,40-36-. The van der Waals surface area contributed by atoms with Gasteiger partial charge in [-0.2, -0.15) is 0 Å². The molecule has 0 amide bonds. The molecule has 0 rings (SSSR count). The molecular weight excluding hydrogens is 617 g/mol. The number of rotatable bonds is 38. The van der Waals surface area contributed by atoms with Crippen LogP contribution in [0.2, 0.25) is 0 Å². The Balaban J connectivity index is 3.92. The molecule has 0 spiro atoms. The Bertz CT molecular complexity index is 881. The Morgan fingerprint density at radius 1 is 0.460 bits per heavy atom. The molecular formula is C46H80O4. The van der Waals surface area contributed by atoms with E-state index in [2.05, 4.69) is 68.5 Å². The molecule has 1 atom stereocenters. The van der Waals surface area contributed by atoms with E-state index in [-0.39, 0.29) is 18.5 Å². The number of carbonyl (C=O) groups excluding carboxylic acids is 1. The van der Waals surface area contributed by atoms with Crippen LogP contribution in [0.1, 0.15) is 213 Å². The van der Waals surface area contributed by atoms with Crippen molar-refractivity contribution in [3.05, 3.63) is 60.8 Å². The first-order valence-electron chi connectivity index (χ1n) is 21.3. The first kappa shape index (κ1) is 47.6. The van der Waals surface area contributed by atoms with Crippen LogP contribution in [0.25, 0.3) is 0 Å². The van der Waals surface area contributed by atoms with Crippen molar-refractivity contribution in [2.45, 2.75) is 219 Å². The number of esters is 1. The van der Waals surface area contributed by atoms with Gasteiger partial charge < -0.3 is 9.84 Å². The summed E-state index contributed by atoms with van der Waals surface area (Å²) in [5, 5.41) is 8.95. The predicted molar refractivity (Wildman–Crippen MR) is 218 cm³/mol. The van der Waals surface area contributed by atoms with Gasteiger partial charge in [0.1, 0.15) is 6.10 Å². The van der Waals surface area contributed by atoms with Crippen LogP contribution in [0.3, 0.4) is 0 Å². The van der Waals surface area contributed by atoms with Gasteiger partial charge in [0, 0.05) is 12.8 Å². The smallest absolute Gasteiger partial charge is 0.306 e. The number of carbonyl (C=O) groups is 2. The van der Waals surface area contributed by atoms with E-state index in [1.54, 1.807) is 0 Å². The van der Waals surface area contributed by atoms with E-state index >= 15 is 0 Å². The van der Waals surface area contributed by atoms with Gasteiger partial charge >= 0.3 is 11.9 Å². The zero-order valence-electron chi connectivity index (χ0n) is 32.9. The summed E-state index contributed by atoms with van der Waals surface area (Å²) in [6, 6.07) is 0. The van der Waals surface area contributed by atoms with Crippen molar-refractivity contribution < 1.29 is 19.4 Å². The average Bonchev–Trinajstić information content (AvgIpc) is 3.10. The zero-order valence-corrected chi connectivity index (χ0v) is 32.9. The highest BCUT2D eigenvalue weighted by Crippen LogP contribution is 2.16. The van der Waals surface area contributed by atoms with Crippen molar-refractivity contribution in [2.75, 3.05) is 0 Å². The fraction of sp³-hybridized carbons (Fsp3) is 0.739. The Labute approximate surface area is 310 Å². The molecule has 288 valence electrons. The summed E-state index contributed by atoms with van der Waals surface area (Å²) in [4.78, 5) is 23.4. The molecule has 50 heavy (non-hydrogen) atoms. The number of aliphatic carboxylic acids is 1. The van der Waals surface area contributed by atoms with Crippen molar-refractivity contribution in [3.8, 4) is 0 Å². The first-order chi connectivity index (χ1) is 24.6. The number of carboxylic acids is 1. The third-order valence-electron chi connectivity index (χ3n) is 9.24. The van der Waals surface area contributed by atoms with E-state index in [4.69, 9.17) is 9.84 Å². The normalized spacial score (nSPS) is 12.8. The van der Waals surface area contributed by atoms with Crippen LogP contribution in [-0.4, -0.2) is 23.1 Å². The molecule has 0 heterocycles. The summed E-state index contributed by atoms with van der Waals surface area (Å²) in [6.07, 6.45) is 57.0. The second kappa shape index (κ2) is 41.1. The molecule has 0 aromatic carbocycles. The van der Waals surface area contributed by atoms with Gasteiger partial charge in [-0.1, -0.05) is 197 Å². The zero-order chi connectivity index (χ0) is 36.4. The van der Waals surface area contributed by atoms with E-state index in [1.807, 2.05) is 6.08 Å². The van der Waals surface area contributed by atoms with Crippen LogP contribution in [0.5, 0.6) is 0 Å². The fourth-order valence-corrected chi connectivity index (χ4v) is 6.13. The van der Waals surface area contributed by atoms with E-state index < -0.39 is 5.97 Å². The summed E-state index contributed by atoms with van der Waals surface area (Å²) >= 11 is 0. The van der Waals surface area contributed by atoms with Crippen LogP contribution in [-0.2, 0) is 14.3 Å². The molecule has 0 aliphatic carbocycles. The molecule has 4 nitrogen and oxygen atoms in total. The first-order valence-corrected chi connectivity index (χ1v) is 21.3. The van der Waals surface area contributed by atoms with Crippen molar-refractivity contribution in [2.24, 2.45) is 0 Å². The molecule has 1 N–H and O–H groups in total. The third-order valence-corrected chi connectivity index (χ3v) is 9.24. The second-order valence-corrected chi connectivity index (χ2v) is 14.2. The van der Waals surface area contributed by atoms with Gasteiger partial charge in [0.2, 0.25) is 0 Å². The van der Waals surface area contributed by atoms with Crippen LogP contribution in [0, 0.1) is 0 Å². The summed E-state index contributed by atoms with van der Waals surface area (Å²) < 4.78 is 5.80. The van der Waals surface area contributed by atoms with Crippen LogP contribution in [0.4, 0.5) is 0 Å².